The second-order valence-corrected chi connectivity index (χ2v) is 8.44. The van der Waals surface area contributed by atoms with Crippen molar-refractivity contribution in [3.8, 4) is 0 Å². The van der Waals surface area contributed by atoms with Gasteiger partial charge in [-0.15, -0.1) is 12.4 Å². The summed E-state index contributed by atoms with van der Waals surface area (Å²) in [5.41, 5.74) is 5.13. The van der Waals surface area contributed by atoms with E-state index >= 15 is 0 Å². The second-order valence-electron chi connectivity index (χ2n) is 6.40. The first-order valence-electron chi connectivity index (χ1n) is 7.52. The predicted molar refractivity (Wildman–Crippen MR) is 95.3 cm³/mol. The number of carbonyl (C=O) groups excluding carboxylic acids is 1. The molecule has 0 aromatic heterocycles. The topological polar surface area (TPSA) is 89.3 Å². The van der Waals surface area contributed by atoms with E-state index in [0.717, 1.165) is 12.1 Å². The number of carbonyl (C=O) groups is 1. The number of rotatable bonds is 7. The van der Waals surface area contributed by atoms with Crippen LogP contribution in [0.4, 0.5) is 4.39 Å². The minimum absolute atomic E-state index is 0. The molecule has 5 nitrogen and oxygen atoms in total. The third-order valence-corrected chi connectivity index (χ3v) is 6.13. The lowest BCUT2D eigenvalue weighted by molar-refractivity contribution is -0.126. The first kappa shape index (κ1) is 22.8. The lowest BCUT2D eigenvalue weighted by Crippen LogP contribution is -2.56. The minimum atomic E-state index is -3.66. The Morgan fingerprint density at radius 2 is 1.75 bits per heavy atom. The molecular weight excluding hydrogens is 355 g/mol. The fraction of sp³-hybridized carbons (Fsp3) is 0.562. The molecule has 0 saturated carbocycles. The van der Waals surface area contributed by atoms with Gasteiger partial charge in [0.15, 0.2) is 9.84 Å². The van der Waals surface area contributed by atoms with E-state index in [0.29, 0.717) is 0 Å². The highest BCUT2D eigenvalue weighted by Gasteiger charge is 2.31. The smallest absolute Gasteiger partial charge is 0.224 e. The molecule has 1 aromatic carbocycles. The van der Waals surface area contributed by atoms with Gasteiger partial charge in [-0.05, 0) is 37.1 Å². The summed E-state index contributed by atoms with van der Waals surface area (Å²) in [6, 6.07) is 4.57. The maximum atomic E-state index is 12.9. The van der Waals surface area contributed by atoms with Gasteiger partial charge in [0, 0.05) is 12.5 Å². The van der Waals surface area contributed by atoms with Crippen LogP contribution >= 0.6 is 12.4 Å². The van der Waals surface area contributed by atoms with Gasteiger partial charge in [-0.1, -0.05) is 20.8 Å². The third kappa shape index (κ3) is 5.72. The van der Waals surface area contributed by atoms with Crippen LogP contribution in [0.1, 0.15) is 27.7 Å². The van der Waals surface area contributed by atoms with Crippen molar-refractivity contribution in [2.45, 2.75) is 38.1 Å². The second kappa shape index (κ2) is 8.78. The van der Waals surface area contributed by atoms with E-state index in [1.54, 1.807) is 6.92 Å². The van der Waals surface area contributed by atoms with Crippen LogP contribution in [0.25, 0.3) is 0 Å². The van der Waals surface area contributed by atoms with Crippen LogP contribution in [0.3, 0.4) is 0 Å². The lowest BCUT2D eigenvalue weighted by Gasteiger charge is -2.34. The maximum absolute atomic E-state index is 12.9. The molecule has 0 radical (unpaired) electrons. The summed E-state index contributed by atoms with van der Waals surface area (Å²) in [6.07, 6.45) is 0. The maximum Gasteiger partial charge on any atom is 0.224 e. The highest BCUT2D eigenvalue weighted by Crippen LogP contribution is 2.18. The van der Waals surface area contributed by atoms with Gasteiger partial charge in [0.05, 0.1) is 16.2 Å². The monoisotopic (exact) mass is 380 g/mol. The van der Waals surface area contributed by atoms with Crippen LogP contribution in [0, 0.1) is 17.7 Å². The van der Waals surface area contributed by atoms with Crippen LogP contribution in [0.2, 0.25) is 0 Å². The Labute approximate surface area is 149 Å². The van der Waals surface area contributed by atoms with Crippen molar-refractivity contribution in [2.75, 3.05) is 12.3 Å². The molecule has 0 aliphatic rings. The highest BCUT2D eigenvalue weighted by molar-refractivity contribution is 7.91. The number of hydrogen-bond donors (Lipinski definition) is 2. The van der Waals surface area contributed by atoms with Crippen molar-refractivity contribution in [2.24, 2.45) is 17.6 Å². The molecule has 2 unspecified atom stereocenters. The zero-order chi connectivity index (χ0) is 17.8. The van der Waals surface area contributed by atoms with Gasteiger partial charge in [-0.25, -0.2) is 12.8 Å². The van der Waals surface area contributed by atoms with Crippen molar-refractivity contribution >= 4 is 28.2 Å². The van der Waals surface area contributed by atoms with Gasteiger partial charge in [0.1, 0.15) is 5.82 Å². The van der Waals surface area contributed by atoms with E-state index < -0.39 is 27.1 Å². The molecule has 0 aliphatic heterocycles. The highest BCUT2D eigenvalue weighted by atomic mass is 35.5. The van der Waals surface area contributed by atoms with E-state index in [2.05, 4.69) is 5.32 Å². The SMILES string of the molecule is CC(CS(=O)(=O)c1ccc(F)cc1)C(=O)NC(C)(CN)C(C)C.Cl. The van der Waals surface area contributed by atoms with E-state index in [-0.39, 0.29) is 41.4 Å². The molecule has 24 heavy (non-hydrogen) atoms. The quantitative estimate of drug-likeness (QED) is 0.709. The molecule has 0 bridgehead atoms. The van der Waals surface area contributed by atoms with Gasteiger partial charge >= 0.3 is 0 Å². The summed E-state index contributed by atoms with van der Waals surface area (Å²) in [5.74, 6) is -1.85. The van der Waals surface area contributed by atoms with E-state index in [1.807, 2.05) is 20.8 Å². The summed E-state index contributed by atoms with van der Waals surface area (Å²) in [6.45, 7) is 7.51. The average molecular weight is 381 g/mol. The van der Waals surface area contributed by atoms with Gasteiger partial charge < -0.3 is 11.1 Å². The standard InChI is InChI=1S/C16H25FN2O3S.ClH/c1-11(2)16(4,10-18)19-15(20)12(3)9-23(21,22)14-7-5-13(17)6-8-14;/h5-8,11-12H,9-10,18H2,1-4H3,(H,19,20);1H. The molecule has 0 heterocycles. The van der Waals surface area contributed by atoms with Crippen molar-refractivity contribution in [1.82, 2.24) is 5.32 Å². The minimum Gasteiger partial charge on any atom is -0.349 e. The number of nitrogens with one attached hydrogen (secondary N) is 1. The number of halogens is 2. The molecule has 8 heteroatoms. The van der Waals surface area contributed by atoms with Gasteiger partial charge in [0.25, 0.3) is 0 Å². The Bertz CT molecular complexity index is 650. The fourth-order valence-corrected chi connectivity index (χ4v) is 3.53. The van der Waals surface area contributed by atoms with E-state index in [9.17, 15) is 17.6 Å². The summed E-state index contributed by atoms with van der Waals surface area (Å²) in [4.78, 5) is 12.3. The van der Waals surface area contributed by atoms with Crippen LogP contribution < -0.4 is 11.1 Å². The number of benzene rings is 1. The number of hydrogen-bond acceptors (Lipinski definition) is 4. The average Bonchev–Trinajstić information content (AvgIpc) is 2.46. The van der Waals surface area contributed by atoms with Crippen LogP contribution in [0.5, 0.6) is 0 Å². The molecule has 1 amide bonds. The zero-order valence-corrected chi connectivity index (χ0v) is 16.0. The van der Waals surface area contributed by atoms with Gasteiger partial charge in [-0.2, -0.15) is 0 Å². The lowest BCUT2D eigenvalue weighted by atomic mass is 9.88. The van der Waals surface area contributed by atoms with Crippen LogP contribution in [-0.2, 0) is 14.6 Å². The normalized spacial score (nSPS) is 15.3. The van der Waals surface area contributed by atoms with Crippen molar-refractivity contribution in [3.63, 3.8) is 0 Å². The molecule has 0 saturated heterocycles. The third-order valence-electron chi connectivity index (χ3n) is 4.20. The van der Waals surface area contributed by atoms with Gasteiger partial charge in [0.2, 0.25) is 5.91 Å². The Kier molecular flexibility index (Phi) is 8.35. The molecular formula is C16H26ClFN2O3S. The Morgan fingerprint density at radius 1 is 1.25 bits per heavy atom. The molecule has 138 valence electrons. The summed E-state index contributed by atoms with van der Waals surface area (Å²) >= 11 is 0. The van der Waals surface area contributed by atoms with Crippen LogP contribution in [0.15, 0.2) is 29.2 Å². The first-order valence-corrected chi connectivity index (χ1v) is 9.17. The Balaban J connectivity index is 0.00000529. The van der Waals surface area contributed by atoms with Gasteiger partial charge in [-0.3, -0.25) is 4.79 Å². The number of amides is 1. The van der Waals surface area contributed by atoms with E-state index in [4.69, 9.17) is 5.73 Å². The Hall–Kier alpha value is -1.18. The number of sulfone groups is 1. The molecule has 2 atom stereocenters. The molecule has 0 spiro atoms. The molecule has 0 fully saturated rings. The summed E-state index contributed by atoms with van der Waals surface area (Å²) in [7, 11) is -3.66. The first-order chi connectivity index (χ1) is 10.5. The Morgan fingerprint density at radius 3 is 2.17 bits per heavy atom. The van der Waals surface area contributed by atoms with Crippen molar-refractivity contribution in [1.29, 1.82) is 0 Å². The van der Waals surface area contributed by atoms with Crippen molar-refractivity contribution in [3.05, 3.63) is 30.1 Å². The molecule has 1 rings (SSSR count). The molecule has 1 aromatic rings. The molecule has 3 N–H and O–H groups in total. The fourth-order valence-electron chi connectivity index (χ4n) is 1.98. The number of nitrogens with two attached hydrogens (primary N) is 1. The summed E-state index contributed by atoms with van der Waals surface area (Å²) < 4.78 is 37.5. The van der Waals surface area contributed by atoms with E-state index in [1.165, 1.54) is 12.1 Å². The largest absolute Gasteiger partial charge is 0.349 e. The predicted octanol–water partition coefficient (Wildman–Crippen LogP) is 2.15. The summed E-state index contributed by atoms with van der Waals surface area (Å²) in [5, 5.41) is 2.84. The van der Waals surface area contributed by atoms with Crippen molar-refractivity contribution < 1.29 is 17.6 Å². The zero-order valence-electron chi connectivity index (χ0n) is 14.4. The van der Waals surface area contributed by atoms with Crippen LogP contribution in [-0.4, -0.2) is 32.2 Å². The molecule has 0 aliphatic carbocycles.